The van der Waals surface area contributed by atoms with Crippen LogP contribution in [0.3, 0.4) is 0 Å². The third kappa shape index (κ3) is 0.881. The third-order valence-corrected chi connectivity index (χ3v) is 3.01. The van der Waals surface area contributed by atoms with E-state index in [4.69, 9.17) is 0 Å². The fourth-order valence-corrected chi connectivity index (χ4v) is 2.59. The molecule has 0 N–H and O–H groups in total. The Kier molecular flexibility index (Phi) is 1.28. The fourth-order valence-electron chi connectivity index (χ4n) is 1.23. The summed E-state index contributed by atoms with van der Waals surface area (Å²) < 4.78 is 0. The first-order valence-corrected chi connectivity index (χ1v) is 4.66. The molecule has 0 aliphatic carbocycles. The Balaban J connectivity index is 2.54. The van der Waals surface area contributed by atoms with Crippen LogP contribution in [0.2, 0.25) is 0 Å². The molecule has 0 aromatic heterocycles. The van der Waals surface area contributed by atoms with Gasteiger partial charge >= 0.3 is 0 Å². The normalized spacial score (nSPS) is 15.6. The molecule has 0 nitrogen and oxygen atoms in total. The minimum atomic E-state index is 1.15. The summed E-state index contributed by atoms with van der Waals surface area (Å²) >= 11 is 0. The standard InChI is InChI=1S/C8H9P/c1-2-4-8-6-9-5-7(8)3-1/h1-4,9H,5-6H2. The van der Waals surface area contributed by atoms with Crippen molar-refractivity contribution in [3.63, 3.8) is 0 Å². The van der Waals surface area contributed by atoms with Crippen LogP contribution in [-0.4, -0.2) is 0 Å². The SMILES string of the molecule is c1ccc2c(c1)CPC2. The van der Waals surface area contributed by atoms with E-state index in [9.17, 15) is 0 Å². The number of rotatable bonds is 0. The van der Waals surface area contributed by atoms with Crippen LogP contribution >= 0.6 is 8.58 Å². The molecule has 0 saturated heterocycles. The van der Waals surface area contributed by atoms with Gasteiger partial charge in [0, 0.05) is 0 Å². The molecule has 2 rings (SSSR count). The largest absolute Gasteiger partial charge is 0.113 e. The van der Waals surface area contributed by atoms with Crippen molar-refractivity contribution in [2.24, 2.45) is 0 Å². The van der Waals surface area contributed by atoms with Crippen LogP contribution in [0, 0.1) is 0 Å². The summed E-state index contributed by atoms with van der Waals surface area (Å²) in [6.45, 7) is 0. The van der Waals surface area contributed by atoms with E-state index in [1.807, 2.05) is 0 Å². The zero-order valence-electron chi connectivity index (χ0n) is 5.22. The molecule has 0 atom stereocenters. The van der Waals surface area contributed by atoms with E-state index in [0.717, 1.165) is 8.58 Å². The minimum Gasteiger partial charge on any atom is -0.113 e. The average molecular weight is 136 g/mol. The first-order chi connectivity index (χ1) is 4.47. The van der Waals surface area contributed by atoms with Gasteiger partial charge in [-0.1, -0.05) is 24.3 Å². The van der Waals surface area contributed by atoms with E-state index in [0.29, 0.717) is 0 Å². The highest BCUT2D eigenvalue weighted by Gasteiger charge is 2.06. The van der Waals surface area contributed by atoms with Crippen LogP contribution < -0.4 is 0 Å². The second-order valence-electron chi connectivity index (χ2n) is 2.37. The lowest BCUT2D eigenvalue weighted by molar-refractivity contribution is 1.35. The molecule has 0 fully saturated rings. The van der Waals surface area contributed by atoms with Gasteiger partial charge in [0.2, 0.25) is 0 Å². The Bertz CT molecular complexity index is 195. The maximum atomic E-state index is 2.25. The Hall–Kier alpha value is -0.350. The van der Waals surface area contributed by atoms with Gasteiger partial charge in [-0.3, -0.25) is 0 Å². The summed E-state index contributed by atoms with van der Waals surface area (Å²) in [5.74, 6) is 0. The van der Waals surface area contributed by atoms with Crippen molar-refractivity contribution in [1.29, 1.82) is 0 Å². The van der Waals surface area contributed by atoms with Gasteiger partial charge in [-0.15, -0.1) is 8.58 Å². The van der Waals surface area contributed by atoms with E-state index in [1.54, 1.807) is 11.1 Å². The van der Waals surface area contributed by atoms with Crippen molar-refractivity contribution in [1.82, 2.24) is 0 Å². The molecular weight excluding hydrogens is 127 g/mol. The van der Waals surface area contributed by atoms with Gasteiger partial charge in [0.1, 0.15) is 0 Å². The molecule has 9 heavy (non-hydrogen) atoms. The van der Waals surface area contributed by atoms with E-state index in [2.05, 4.69) is 24.3 Å². The van der Waals surface area contributed by atoms with Gasteiger partial charge in [-0.2, -0.15) is 0 Å². The average Bonchev–Trinajstić information content (AvgIpc) is 2.33. The lowest BCUT2D eigenvalue weighted by Crippen LogP contribution is -1.77. The van der Waals surface area contributed by atoms with Crippen LogP contribution in [0.1, 0.15) is 11.1 Å². The summed E-state index contributed by atoms with van der Waals surface area (Å²) in [6, 6.07) is 8.76. The highest BCUT2D eigenvalue weighted by atomic mass is 31.1. The van der Waals surface area contributed by atoms with E-state index in [-0.39, 0.29) is 0 Å². The Morgan fingerprint density at radius 2 is 1.56 bits per heavy atom. The van der Waals surface area contributed by atoms with Gasteiger partial charge in [0.25, 0.3) is 0 Å². The van der Waals surface area contributed by atoms with Crippen LogP contribution in [0.4, 0.5) is 0 Å². The van der Waals surface area contributed by atoms with Crippen molar-refractivity contribution in [3.05, 3.63) is 35.4 Å². The zero-order valence-corrected chi connectivity index (χ0v) is 6.22. The minimum absolute atomic E-state index is 1.15. The van der Waals surface area contributed by atoms with Crippen molar-refractivity contribution < 1.29 is 0 Å². The van der Waals surface area contributed by atoms with Crippen LogP contribution in [0.5, 0.6) is 0 Å². The van der Waals surface area contributed by atoms with Crippen LogP contribution in [-0.2, 0) is 12.3 Å². The molecule has 0 spiro atoms. The highest BCUT2D eigenvalue weighted by molar-refractivity contribution is 7.36. The second kappa shape index (κ2) is 2.11. The molecule has 0 amide bonds. The lowest BCUT2D eigenvalue weighted by atomic mass is 10.1. The maximum absolute atomic E-state index is 2.25. The van der Waals surface area contributed by atoms with Gasteiger partial charge in [-0.05, 0) is 23.5 Å². The molecule has 0 bridgehead atoms. The van der Waals surface area contributed by atoms with Gasteiger partial charge in [-0.25, -0.2) is 0 Å². The molecule has 0 saturated carbocycles. The smallest absolute Gasteiger partial charge is 0.00948 e. The first kappa shape index (κ1) is 5.44. The number of hydrogen-bond acceptors (Lipinski definition) is 0. The molecule has 1 aromatic carbocycles. The van der Waals surface area contributed by atoms with Gasteiger partial charge in [0.05, 0.1) is 0 Å². The number of benzene rings is 1. The summed E-state index contributed by atoms with van der Waals surface area (Å²) in [7, 11) is 1.15. The second-order valence-corrected chi connectivity index (χ2v) is 3.58. The molecule has 1 aliphatic heterocycles. The molecule has 1 heteroatoms. The first-order valence-electron chi connectivity index (χ1n) is 3.24. The number of hydrogen-bond donors (Lipinski definition) is 0. The Morgan fingerprint density at radius 1 is 1.00 bits per heavy atom. The highest BCUT2D eigenvalue weighted by Crippen LogP contribution is 2.33. The predicted octanol–water partition coefficient (Wildman–Crippen LogP) is 2.38. The van der Waals surface area contributed by atoms with Gasteiger partial charge < -0.3 is 0 Å². The topological polar surface area (TPSA) is 0 Å². The van der Waals surface area contributed by atoms with Crippen LogP contribution in [0.25, 0.3) is 0 Å². The Morgan fingerprint density at radius 3 is 2.11 bits per heavy atom. The van der Waals surface area contributed by atoms with Crippen LogP contribution in [0.15, 0.2) is 24.3 Å². The van der Waals surface area contributed by atoms with Gasteiger partial charge in [0.15, 0.2) is 0 Å². The van der Waals surface area contributed by atoms with E-state index < -0.39 is 0 Å². The number of fused-ring (bicyclic) bond motifs is 1. The van der Waals surface area contributed by atoms with Crippen molar-refractivity contribution in [2.75, 3.05) is 0 Å². The molecule has 1 aromatic rings. The quantitative estimate of drug-likeness (QED) is 0.480. The summed E-state index contributed by atoms with van der Waals surface area (Å²) in [5.41, 5.74) is 3.16. The third-order valence-electron chi connectivity index (χ3n) is 1.75. The van der Waals surface area contributed by atoms with E-state index >= 15 is 0 Å². The summed E-state index contributed by atoms with van der Waals surface area (Å²) in [4.78, 5) is 0. The Labute approximate surface area is 57.1 Å². The molecular formula is C8H9P. The van der Waals surface area contributed by atoms with Crippen molar-refractivity contribution >= 4 is 8.58 Å². The van der Waals surface area contributed by atoms with Crippen molar-refractivity contribution in [3.8, 4) is 0 Å². The maximum Gasteiger partial charge on any atom is -0.00948 e. The van der Waals surface area contributed by atoms with E-state index in [1.165, 1.54) is 12.3 Å². The summed E-state index contributed by atoms with van der Waals surface area (Å²) in [6.07, 6.45) is 2.66. The fraction of sp³-hybridized carbons (Fsp3) is 0.250. The lowest BCUT2D eigenvalue weighted by Gasteiger charge is -1.92. The molecule has 46 valence electrons. The summed E-state index contributed by atoms with van der Waals surface area (Å²) in [5, 5.41) is 0. The molecule has 1 aliphatic rings. The molecule has 1 heterocycles. The molecule has 0 unspecified atom stereocenters. The molecule has 0 radical (unpaired) electrons. The van der Waals surface area contributed by atoms with Crippen molar-refractivity contribution in [2.45, 2.75) is 12.3 Å². The predicted molar refractivity (Wildman–Crippen MR) is 42.2 cm³/mol. The zero-order chi connectivity index (χ0) is 6.10. The monoisotopic (exact) mass is 136 g/mol.